The van der Waals surface area contributed by atoms with Crippen LogP contribution in [-0.2, 0) is 34.8 Å². The monoisotopic (exact) mass is 608 g/mol. The molecule has 1 aliphatic carbocycles. The number of aliphatic carboxylic acids is 1. The van der Waals surface area contributed by atoms with Crippen molar-refractivity contribution in [3.8, 4) is 16.9 Å². The lowest BCUT2D eigenvalue weighted by atomic mass is 9.96. The maximum absolute atomic E-state index is 13.5. The van der Waals surface area contributed by atoms with Gasteiger partial charge in [-0.05, 0) is 67.3 Å². The molecule has 5 rings (SSSR count). The molecule has 1 N–H and O–H groups in total. The first-order chi connectivity index (χ1) is 20.2. The van der Waals surface area contributed by atoms with Crippen molar-refractivity contribution in [2.75, 3.05) is 7.11 Å². The molecular formula is C30H26F6N2O5. The molecule has 2 atom stereocenters. The molecule has 7 nitrogen and oxygen atoms in total. The molecule has 2 aromatic carbocycles. The predicted molar refractivity (Wildman–Crippen MR) is 140 cm³/mol. The topological polar surface area (TPSA) is 89.0 Å². The number of carboxylic acid groups (broad SMARTS) is 1. The fraction of sp³-hybridized carbons (Fsp3) is 0.367. The van der Waals surface area contributed by atoms with E-state index in [0.29, 0.717) is 40.3 Å². The molecule has 1 aromatic heterocycles. The van der Waals surface area contributed by atoms with Crippen molar-refractivity contribution in [2.45, 2.75) is 63.1 Å². The van der Waals surface area contributed by atoms with Crippen LogP contribution in [0.2, 0.25) is 0 Å². The van der Waals surface area contributed by atoms with Crippen molar-refractivity contribution in [1.29, 1.82) is 0 Å². The van der Waals surface area contributed by atoms with E-state index in [4.69, 9.17) is 14.5 Å². The summed E-state index contributed by atoms with van der Waals surface area (Å²) >= 11 is 0. The van der Waals surface area contributed by atoms with E-state index in [2.05, 4.69) is 0 Å². The standard InChI is InChI=1S/C30H26F6N2O5/c1-15-27(18-11-19(29(31,32)33)13-20(12-18)30(34,35)36)43-28(41)38(15)14-24-21(6-7-23(37-24)17-4-5-17)22-9-16(10-26(39)40)3-8-25(22)42-2/h3,6-9,11-13,15,17,27H,4-5,10,14H2,1-2H3,(H,39,40)/t15-,27?/m0/s1. The Hall–Kier alpha value is -4.29. The van der Waals surface area contributed by atoms with Crippen molar-refractivity contribution in [1.82, 2.24) is 9.88 Å². The molecule has 0 spiro atoms. The zero-order chi connectivity index (χ0) is 31.3. The zero-order valence-electron chi connectivity index (χ0n) is 22.9. The minimum atomic E-state index is -5.06. The Kier molecular flexibility index (Phi) is 7.78. The number of rotatable bonds is 8. The number of carboxylic acids is 1. The lowest BCUT2D eigenvalue weighted by Crippen LogP contribution is -2.32. The Morgan fingerprint density at radius 3 is 2.21 bits per heavy atom. The highest BCUT2D eigenvalue weighted by atomic mass is 19.4. The Balaban J connectivity index is 1.53. The number of amides is 1. The number of benzene rings is 2. The van der Waals surface area contributed by atoms with E-state index in [1.54, 1.807) is 24.3 Å². The molecule has 1 amide bonds. The lowest BCUT2D eigenvalue weighted by Gasteiger charge is -2.23. The number of nitrogens with zero attached hydrogens (tertiary/aromatic N) is 2. The Labute approximate surface area is 242 Å². The Morgan fingerprint density at radius 1 is 1.00 bits per heavy atom. The van der Waals surface area contributed by atoms with Crippen LogP contribution in [0.25, 0.3) is 11.1 Å². The van der Waals surface area contributed by atoms with Gasteiger partial charge >= 0.3 is 24.4 Å². The van der Waals surface area contributed by atoms with Crippen LogP contribution < -0.4 is 4.74 Å². The second-order valence-electron chi connectivity index (χ2n) is 10.6. The quantitative estimate of drug-likeness (QED) is 0.269. The van der Waals surface area contributed by atoms with E-state index >= 15 is 0 Å². The SMILES string of the molecule is COc1ccc(CC(=O)O)cc1-c1ccc(C2CC2)nc1CN1C(=O)OC(c2cc(C(F)(F)F)cc(C(F)(F)F)c2)[C@@H]1C. The Bertz CT molecular complexity index is 1540. The molecule has 1 saturated carbocycles. The van der Waals surface area contributed by atoms with Crippen LogP contribution in [0.15, 0.2) is 48.5 Å². The van der Waals surface area contributed by atoms with Crippen LogP contribution in [0, 0.1) is 0 Å². The minimum Gasteiger partial charge on any atom is -0.496 e. The average molecular weight is 609 g/mol. The van der Waals surface area contributed by atoms with E-state index in [1.165, 1.54) is 18.9 Å². The van der Waals surface area contributed by atoms with E-state index in [9.17, 15) is 41.0 Å². The number of hydrogen-bond acceptors (Lipinski definition) is 5. The number of aromatic nitrogens is 1. The summed E-state index contributed by atoms with van der Waals surface area (Å²) in [5.74, 6) is -0.411. The number of cyclic esters (lactones) is 1. The first-order valence-corrected chi connectivity index (χ1v) is 13.3. The number of alkyl halides is 6. The largest absolute Gasteiger partial charge is 0.496 e. The molecular weight excluding hydrogens is 582 g/mol. The lowest BCUT2D eigenvalue weighted by molar-refractivity contribution is -0.143. The second-order valence-corrected chi connectivity index (χ2v) is 10.6. The molecule has 3 aromatic rings. The van der Waals surface area contributed by atoms with Crippen molar-refractivity contribution >= 4 is 12.1 Å². The van der Waals surface area contributed by atoms with Gasteiger partial charge in [0.1, 0.15) is 11.9 Å². The summed E-state index contributed by atoms with van der Waals surface area (Å²) in [6.07, 6.45) is -10.9. The smallest absolute Gasteiger partial charge is 0.416 e. The summed E-state index contributed by atoms with van der Waals surface area (Å²) in [6, 6.07) is 8.65. The van der Waals surface area contributed by atoms with E-state index in [1.807, 2.05) is 6.07 Å². The third-order valence-corrected chi connectivity index (χ3v) is 7.55. The molecule has 43 heavy (non-hydrogen) atoms. The highest BCUT2D eigenvalue weighted by Crippen LogP contribution is 2.43. The van der Waals surface area contributed by atoms with Crippen LogP contribution >= 0.6 is 0 Å². The molecule has 2 heterocycles. The van der Waals surface area contributed by atoms with Gasteiger partial charge in [0.25, 0.3) is 0 Å². The van der Waals surface area contributed by atoms with Gasteiger partial charge in [0.15, 0.2) is 0 Å². The van der Waals surface area contributed by atoms with Crippen LogP contribution in [0.1, 0.15) is 65.4 Å². The van der Waals surface area contributed by atoms with Gasteiger partial charge in [-0.1, -0.05) is 12.1 Å². The van der Waals surface area contributed by atoms with Crippen molar-refractivity contribution in [2.24, 2.45) is 0 Å². The molecule has 2 aliphatic rings. The maximum atomic E-state index is 13.5. The van der Waals surface area contributed by atoms with E-state index in [0.717, 1.165) is 18.5 Å². The van der Waals surface area contributed by atoms with Crippen LogP contribution in [0.4, 0.5) is 31.1 Å². The molecule has 1 aliphatic heterocycles. The first kappa shape index (κ1) is 30.2. The fourth-order valence-electron chi connectivity index (χ4n) is 5.20. The zero-order valence-corrected chi connectivity index (χ0v) is 22.9. The van der Waals surface area contributed by atoms with E-state index in [-0.39, 0.29) is 24.9 Å². The van der Waals surface area contributed by atoms with Gasteiger partial charge < -0.3 is 14.6 Å². The first-order valence-electron chi connectivity index (χ1n) is 13.3. The molecule has 0 radical (unpaired) electrons. The summed E-state index contributed by atoms with van der Waals surface area (Å²) < 4.78 is 91.9. The summed E-state index contributed by atoms with van der Waals surface area (Å²) in [6.45, 7) is 1.30. The highest BCUT2D eigenvalue weighted by Gasteiger charge is 2.43. The summed E-state index contributed by atoms with van der Waals surface area (Å²) in [4.78, 5) is 30.4. The second kappa shape index (κ2) is 11.1. The number of pyridine rings is 1. The van der Waals surface area contributed by atoms with Gasteiger partial charge in [0.05, 0.1) is 42.9 Å². The van der Waals surface area contributed by atoms with Gasteiger partial charge in [0.2, 0.25) is 0 Å². The van der Waals surface area contributed by atoms with Gasteiger partial charge in [-0.2, -0.15) is 26.3 Å². The van der Waals surface area contributed by atoms with Gasteiger partial charge in [-0.25, -0.2) is 4.79 Å². The van der Waals surface area contributed by atoms with Crippen LogP contribution in [0.5, 0.6) is 5.75 Å². The normalized spacial score (nSPS) is 19.0. The molecule has 2 fully saturated rings. The predicted octanol–water partition coefficient (Wildman–Crippen LogP) is 7.38. The maximum Gasteiger partial charge on any atom is 0.416 e. The van der Waals surface area contributed by atoms with Gasteiger partial charge in [-0.15, -0.1) is 0 Å². The molecule has 1 saturated heterocycles. The van der Waals surface area contributed by atoms with Gasteiger partial charge in [-0.3, -0.25) is 14.7 Å². The molecule has 1 unspecified atom stereocenters. The minimum absolute atomic E-state index is 0.0220. The molecule has 228 valence electrons. The third kappa shape index (κ3) is 6.40. The van der Waals surface area contributed by atoms with Gasteiger partial charge in [0, 0.05) is 22.7 Å². The number of halogens is 6. The van der Waals surface area contributed by atoms with E-state index < -0.39 is 53.3 Å². The number of hydrogen-bond donors (Lipinski definition) is 1. The number of carbonyl (C=O) groups excluding carboxylic acids is 1. The molecule has 0 bridgehead atoms. The summed E-state index contributed by atoms with van der Waals surface area (Å²) in [5.41, 5.74) is -0.774. The summed E-state index contributed by atoms with van der Waals surface area (Å²) in [5, 5.41) is 9.28. The average Bonchev–Trinajstić information content (AvgIpc) is 3.74. The van der Waals surface area contributed by atoms with Crippen LogP contribution in [0.3, 0.4) is 0 Å². The molecule has 13 heteroatoms. The highest BCUT2D eigenvalue weighted by molar-refractivity contribution is 5.77. The van der Waals surface area contributed by atoms with Crippen LogP contribution in [-0.4, -0.2) is 40.2 Å². The number of carbonyl (C=O) groups is 2. The fourth-order valence-corrected chi connectivity index (χ4v) is 5.20. The Morgan fingerprint density at radius 2 is 1.65 bits per heavy atom. The summed E-state index contributed by atoms with van der Waals surface area (Å²) in [7, 11) is 1.44. The number of methoxy groups -OCH3 is 1. The number of ether oxygens (including phenoxy) is 2. The van der Waals surface area contributed by atoms with Crippen molar-refractivity contribution in [3.63, 3.8) is 0 Å². The van der Waals surface area contributed by atoms with Crippen molar-refractivity contribution < 1.29 is 50.5 Å². The third-order valence-electron chi connectivity index (χ3n) is 7.55. The van der Waals surface area contributed by atoms with Crippen molar-refractivity contribution in [3.05, 3.63) is 82.2 Å².